The topological polar surface area (TPSA) is 57.6 Å². The second kappa shape index (κ2) is 5.12. The molecule has 18 heavy (non-hydrogen) atoms. The molecule has 3 unspecified atom stereocenters. The van der Waals surface area contributed by atoms with Crippen molar-refractivity contribution in [2.75, 3.05) is 6.54 Å². The van der Waals surface area contributed by atoms with Crippen LogP contribution in [0.15, 0.2) is 12.2 Å². The fraction of sp³-hybridized carbons (Fsp3) is 0.714. The highest BCUT2D eigenvalue weighted by molar-refractivity contribution is 5.81. The van der Waals surface area contributed by atoms with Crippen molar-refractivity contribution in [3.05, 3.63) is 12.2 Å². The van der Waals surface area contributed by atoms with E-state index < -0.39 is 5.97 Å². The number of carboxylic acid groups (broad SMARTS) is 1. The summed E-state index contributed by atoms with van der Waals surface area (Å²) in [7, 11) is 0. The monoisotopic (exact) mass is 251 g/mol. The highest BCUT2D eigenvalue weighted by Crippen LogP contribution is 2.44. The van der Waals surface area contributed by atoms with E-state index in [4.69, 9.17) is 5.11 Å². The fourth-order valence-electron chi connectivity index (χ4n) is 3.12. The minimum atomic E-state index is -0.846. The lowest BCUT2D eigenvalue weighted by molar-refractivity contribution is -0.141. The van der Waals surface area contributed by atoms with E-state index in [1.54, 1.807) is 4.90 Å². The first kappa shape index (κ1) is 13.1. The summed E-state index contributed by atoms with van der Waals surface area (Å²) in [5, 5.41) is 8.75. The highest BCUT2D eigenvalue weighted by atomic mass is 16.4. The summed E-state index contributed by atoms with van der Waals surface area (Å²) in [6, 6.07) is 0.0694. The molecule has 0 saturated heterocycles. The number of fused-ring (bicyclic) bond motifs is 2. The van der Waals surface area contributed by atoms with Gasteiger partial charge in [-0.3, -0.25) is 9.59 Å². The number of carboxylic acids is 1. The summed E-state index contributed by atoms with van der Waals surface area (Å²) < 4.78 is 0. The zero-order valence-electron chi connectivity index (χ0n) is 11.0. The molecular formula is C14H21NO3. The van der Waals surface area contributed by atoms with Crippen molar-refractivity contribution >= 4 is 11.9 Å². The largest absolute Gasteiger partial charge is 0.481 e. The molecule has 1 saturated carbocycles. The third kappa shape index (κ3) is 2.57. The number of rotatable bonds is 5. The Morgan fingerprint density at radius 3 is 2.50 bits per heavy atom. The van der Waals surface area contributed by atoms with Crippen molar-refractivity contribution in [2.45, 2.75) is 39.2 Å². The number of hydrogen-bond acceptors (Lipinski definition) is 2. The fourth-order valence-corrected chi connectivity index (χ4v) is 3.12. The van der Waals surface area contributed by atoms with Crippen molar-refractivity contribution in [3.8, 4) is 0 Å². The lowest BCUT2D eigenvalue weighted by atomic mass is 9.91. The number of hydrogen-bond donors (Lipinski definition) is 1. The third-order valence-corrected chi connectivity index (χ3v) is 4.07. The van der Waals surface area contributed by atoms with E-state index in [0.29, 0.717) is 18.4 Å². The molecule has 2 aliphatic rings. The highest BCUT2D eigenvalue weighted by Gasteiger charge is 2.41. The van der Waals surface area contributed by atoms with E-state index in [9.17, 15) is 9.59 Å². The zero-order valence-corrected chi connectivity index (χ0v) is 11.0. The van der Waals surface area contributed by atoms with Gasteiger partial charge in [0, 0.05) is 18.5 Å². The summed E-state index contributed by atoms with van der Waals surface area (Å²) in [6.07, 6.45) is 6.44. The Morgan fingerprint density at radius 1 is 1.33 bits per heavy atom. The van der Waals surface area contributed by atoms with Crippen molar-refractivity contribution in [2.24, 2.45) is 17.8 Å². The van der Waals surface area contributed by atoms with E-state index in [2.05, 4.69) is 12.2 Å². The van der Waals surface area contributed by atoms with Crippen LogP contribution in [-0.2, 0) is 9.59 Å². The predicted octanol–water partition coefficient (Wildman–Crippen LogP) is 1.91. The van der Waals surface area contributed by atoms with Crippen LogP contribution in [-0.4, -0.2) is 34.5 Å². The molecule has 4 heteroatoms. The maximum absolute atomic E-state index is 12.5. The second-order valence-electron chi connectivity index (χ2n) is 5.66. The van der Waals surface area contributed by atoms with Crippen LogP contribution in [0.1, 0.15) is 33.1 Å². The molecule has 0 aromatic rings. The normalized spacial score (nSPS) is 28.9. The molecule has 1 amide bonds. The Bertz CT molecular complexity index is 375. The Labute approximate surface area is 108 Å². The summed E-state index contributed by atoms with van der Waals surface area (Å²) in [5.41, 5.74) is 0. The second-order valence-corrected chi connectivity index (χ2v) is 5.66. The summed E-state index contributed by atoms with van der Waals surface area (Å²) in [5.74, 6) is 0.326. The van der Waals surface area contributed by atoms with E-state index in [1.807, 2.05) is 13.8 Å². The van der Waals surface area contributed by atoms with Crippen LogP contribution in [0.3, 0.4) is 0 Å². The maximum Gasteiger partial charge on any atom is 0.305 e. The molecule has 1 N–H and O–H groups in total. The zero-order chi connectivity index (χ0) is 13.3. The quantitative estimate of drug-likeness (QED) is 0.759. The molecule has 3 atom stereocenters. The molecule has 2 rings (SSSR count). The molecule has 100 valence electrons. The van der Waals surface area contributed by atoms with Gasteiger partial charge >= 0.3 is 5.97 Å². The lowest BCUT2D eigenvalue weighted by Gasteiger charge is -2.31. The first-order valence-electron chi connectivity index (χ1n) is 6.69. The minimum absolute atomic E-state index is 0.0283. The number of carbonyl (C=O) groups is 2. The van der Waals surface area contributed by atoms with Gasteiger partial charge in [-0.15, -0.1) is 0 Å². The van der Waals surface area contributed by atoms with E-state index in [1.165, 1.54) is 0 Å². The van der Waals surface area contributed by atoms with Gasteiger partial charge in [-0.05, 0) is 38.5 Å². The Morgan fingerprint density at radius 2 is 2.06 bits per heavy atom. The van der Waals surface area contributed by atoms with Gasteiger partial charge in [-0.1, -0.05) is 12.2 Å². The predicted molar refractivity (Wildman–Crippen MR) is 67.9 cm³/mol. The number of carbonyl (C=O) groups excluding carboxylic acids is 1. The van der Waals surface area contributed by atoms with Crippen LogP contribution < -0.4 is 0 Å². The van der Waals surface area contributed by atoms with Crippen LogP contribution >= 0.6 is 0 Å². The Kier molecular flexibility index (Phi) is 3.73. The summed E-state index contributed by atoms with van der Waals surface area (Å²) >= 11 is 0. The SMILES string of the molecule is CC(C)N(CCC(=O)O)C(=O)C1CC2C=CC1C2. The lowest BCUT2D eigenvalue weighted by Crippen LogP contribution is -2.43. The van der Waals surface area contributed by atoms with Crippen molar-refractivity contribution in [3.63, 3.8) is 0 Å². The van der Waals surface area contributed by atoms with E-state index >= 15 is 0 Å². The molecule has 0 aromatic heterocycles. The Hall–Kier alpha value is -1.32. The van der Waals surface area contributed by atoms with Gasteiger partial charge in [-0.2, -0.15) is 0 Å². The van der Waals surface area contributed by atoms with Crippen LogP contribution in [0.2, 0.25) is 0 Å². The molecule has 2 aliphatic carbocycles. The van der Waals surface area contributed by atoms with Crippen LogP contribution in [0.4, 0.5) is 0 Å². The van der Waals surface area contributed by atoms with Crippen LogP contribution in [0.25, 0.3) is 0 Å². The minimum Gasteiger partial charge on any atom is -0.481 e. The number of allylic oxidation sites excluding steroid dienone is 2. The number of nitrogens with zero attached hydrogens (tertiary/aromatic N) is 1. The van der Waals surface area contributed by atoms with Gasteiger partial charge < -0.3 is 10.0 Å². The molecule has 1 fully saturated rings. The molecule has 2 bridgehead atoms. The van der Waals surface area contributed by atoms with Crippen LogP contribution in [0.5, 0.6) is 0 Å². The maximum atomic E-state index is 12.5. The first-order chi connectivity index (χ1) is 8.49. The summed E-state index contributed by atoms with van der Waals surface area (Å²) in [6.45, 7) is 4.22. The number of amides is 1. The molecule has 4 nitrogen and oxygen atoms in total. The van der Waals surface area contributed by atoms with Gasteiger partial charge in [0.05, 0.1) is 6.42 Å². The average molecular weight is 251 g/mol. The van der Waals surface area contributed by atoms with Gasteiger partial charge in [0.1, 0.15) is 0 Å². The Balaban J connectivity index is 2.00. The third-order valence-electron chi connectivity index (χ3n) is 4.07. The average Bonchev–Trinajstić information content (AvgIpc) is 2.89. The molecular weight excluding hydrogens is 230 g/mol. The molecule has 0 spiro atoms. The molecule has 0 aliphatic heterocycles. The number of aliphatic carboxylic acids is 1. The van der Waals surface area contributed by atoms with Gasteiger partial charge in [0.15, 0.2) is 0 Å². The van der Waals surface area contributed by atoms with Crippen molar-refractivity contribution < 1.29 is 14.7 Å². The molecule has 0 radical (unpaired) electrons. The van der Waals surface area contributed by atoms with E-state index in [-0.39, 0.29) is 24.3 Å². The van der Waals surface area contributed by atoms with Crippen LogP contribution in [0, 0.1) is 17.8 Å². The van der Waals surface area contributed by atoms with Gasteiger partial charge in [0.2, 0.25) is 5.91 Å². The van der Waals surface area contributed by atoms with Gasteiger partial charge in [0.25, 0.3) is 0 Å². The summed E-state index contributed by atoms with van der Waals surface area (Å²) in [4.78, 5) is 24.9. The van der Waals surface area contributed by atoms with Gasteiger partial charge in [-0.25, -0.2) is 0 Å². The smallest absolute Gasteiger partial charge is 0.305 e. The molecule has 0 aromatic carbocycles. The molecule has 0 heterocycles. The van der Waals surface area contributed by atoms with Crippen molar-refractivity contribution in [1.29, 1.82) is 0 Å². The van der Waals surface area contributed by atoms with E-state index in [0.717, 1.165) is 12.8 Å². The standard InChI is InChI=1S/C14H21NO3/c1-9(2)15(6-5-13(16)17)14(18)12-8-10-3-4-11(12)7-10/h3-4,9-12H,5-8H2,1-2H3,(H,16,17). The van der Waals surface area contributed by atoms with Crippen molar-refractivity contribution in [1.82, 2.24) is 4.90 Å². The first-order valence-corrected chi connectivity index (χ1v) is 6.69.